The summed E-state index contributed by atoms with van der Waals surface area (Å²) in [5, 5.41) is 2.85. The van der Waals surface area contributed by atoms with E-state index in [1.807, 2.05) is 31.7 Å². The van der Waals surface area contributed by atoms with Crippen molar-refractivity contribution in [2.45, 2.75) is 31.0 Å². The lowest BCUT2D eigenvalue weighted by Crippen LogP contribution is -2.51. The van der Waals surface area contributed by atoms with Crippen molar-refractivity contribution >= 4 is 27.3 Å². The average molecular weight is 345 g/mol. The fourth-order valence-corrected chi connectivity index (χ4v) is 5.24. The number of rotatable bonds is 5. The smallest absolute Gasteiger partial charge is 0.252 e. The fraction of sp³-hybridized carbons (Fsp3) is 0.643. The minimum Gasteiger partial charge on any atom is -0.353 e. The van der Waals surface area contributed by atoms with Crippen molar-refractivity contribution in [3.63, 3.8) is 0 Å². The molecule has 0 radical (unpaired) electrons. The first-order valence-electron chi connectivity index (χ1n) is 7.37. The number of piperazine rings is 1. The molecule has 0 saturated carbocycles. The lowest BCUT2D eigenvalue weighted by molar-refractivity contribution is -0.123. The molecule has 1 aliphatic rings. The highest BCUT2D eigenvalue weighted by Crippen LogP contribution is 2.25. The van der Waals surface area contributed by atoms with E-state index in [1.54, 1.807) is 6.07 Å². The predicted octanol–water partition coefficient (Wildman–Crippen LogP) is 0.887. The van der Waals surface area contributed by atoms with Crippen molar-refractivity contribution < 1.29 is 13.2 Å². The quantitative estimate of drug-likeness (QED) is 0.860. The number of nitrogens with one attached hydrogen (secondary N) is 1. The molecule has 8 heteroatoms. The van der Waals surface area contributed by atoms with Crippen LogP contribution in [0.25, 0.3) is 0 Å². The Morgan fingerprint density at radius 3 is 2.41 bits per heavy atom. The van der Waals surface area contributed by atoms with E-state index in [2.05, 4.69) is 5.32 Å². The molecule has 1 fully saturated rings. The van der Waals surface area contributed by atoms with Crippen LogP contribution in [0.15, 0.2) is 16.3 Å². The zero-order chi connectivity index (χ0) is 16.3. The third-order valence-electron chi connectivity index (χ3n) is 3.46. The van der Waals surface area contributed by atoms with E-state index in [9.17, 15) is 13.2 Å². The molecule has 1 aliphatic heterocycles. The van der Waals surface area contributed by atoms with Gasteiger partial charge in [0.05, 0.1) is 6.54 Å². The van der Waals surface area contributed by atoms with Crippen molar-refractivity contribution in [1.82, 2.24) is 14.5 Å². The summed E-state index contributed by atoms with van der Waals surface area (Å²) in [4.78, 5) is 14.7. The van der Waals surface area contributed by atoms with Crippen LogP contribution in [0.1, 0.15) is 18.7 Å². The Labute approximate surface area is 136 Å². The molecule has 0 aromatic carbocycles. The number of carbonyl (C=O) groups is 1. The highest BCUT2D eigenvalue weighted by Gasteiger charge is 2.29. The van der Waals surface area contributed by atoms with Crippen LogP contribution < -0.4 is 5.32 Å². The number of carbonyl (C=O) groups excluding carboxylic acids is 1. The highest BCUT2D eigenvalue weighted by atomic mass is 32.2. The van der Waals surface area contributed by atoms with E-state index in [1.165, 1.54) is 15.6 Å². The Morgan fingerprint density at radius 2 is 1.91 bits per heavy atom. The molecule has 124 valence electrons. The van der Waals surface area contributed by atoms with E-state index in [0.29, 0.717) is 36.9 Å². The lowest BCUT2D eigenvalue weighted by Gasteiger charge is -2.33. The summed E-state index contributed by atoms with van der Waals surface area (Å²) >= 11 is 1.30. The van der Waals surface area contributed by atoms with Crippen LogP contribution in [0.4, 0.5) is 0 Å². The van der Waals surface area contributed by atoms with Gasteiger partial charge in [0, 0.05) is 37.1 Å². The third-order valence-corrected chi connectivity index (χ3v) is 6.82. The monoisotopic (exact) mass is 345 g/mol. The van der Waals surface area contributed by atoms with Crippen molar-refractivity contribution in [3.05, 3.63) is 17.0 Å². The van der Waals surface area contributed by atoms with E-state index < -0.39 is 10.0 Å². The van der Waals surface area contributed by atoms with Crippen molar-refractivity contribution in [2.75, 3.05) is 32.7 Å². The first kappa shape index (κ1) is 17.4. The van der Waals surface area contributed by atoms with Gasteiger partial charge in [-0.1, -0.05) is 0 Å². The Bertz CT molecular complexity index is 617. The third kappa shape index (κ3) is 4.28. The molecule has 2 rings (SSSR count). The van der Waals surface area contributed by atoms with Crippen LogP contribution in [0, 0.1) is 6.92 Å². The summed E-state index contributed by atoms with van der Waals surface area (Å²) in [6.07, 6.45) is 0. The molecule has 1 aromatic rings. The molecule has 1 N–H and O–H groups in total. The number of hydrogen-bond acceptors (Lipinski definition) is 5. The molecule has 2 heterocycles. The molecule has 0 atom stereocenters. The molecule has 0 unspecified atom stereocenters. The number of nitrogens with zero attached hydrogens (tertiary/aromatic N) is 2. The van der Waals surface area contributed by atoms with Gasteiger partial charge in [-0.2, -0.15) is 4.31 Å². The zero-order valence-electron chi connectivity index (χ0n) is 13.2. The standard InChI is InChI=1S/C14H23N3O3S2/c1-11(2)15-13(18)10-16-6-8-17(9-7-16)22(19,20)14-5-4-12(3)21-14/h4-5,11H,6-10H2,1-3H3,(H,15,18). The second-order valence-electron chi connectivity index (χ2n) is 5.77. The van der Waals surface area contributed by atoms with Gasteiger partial charge in [-0.25, -0.2) is 8.42 Å². The Kier molecular flexibility index (Phi) is 5.60. The molecule has 0 spiro atoms. The molecular formula is C14H23N3O3S2. The lowest BCUT2D eigenvalue weighted by atomic mass is 10.3. The van der Waals surface area contributed by atoms with Crippen LogP contribution in [0.3, 0.4) is 0 Å². The zero-order valence-corrected chi connectivity index (χ0v) is 14.8. The van der Waals surface area contributed by atoms with Gasteiger partial charge in [-0.05, 0) is 32.9 Å². The second kappa shape index (κ2) is 7.08. The maximum atomic E-state index is 12.5. The van der Waals surface area contributed by atoms with Gasteiger partial charge in [0.25, 0.3) is 10.0 Å². The number of sulfonamides is 1. The SMILES string of the molecule is Cc1ccc(S(=O)(=O)N2CCN(CC(=O)NC(C)C)CC2)s1. The normalized spacial score (nSPS) is 17.8. The number of hydrogen-bond donors (Lipinski definition) is 1. The van der Waals surface area contributed by atoms with E-state index in [4.69, 9.17) is 0 Å². The molecule has 1 aromatic heterocycles. The molecular weight excluding hydrogens is 322 g/mol. The summed E-state index contributed by atoms with van der Waals surface area (Å²) in [7, 11) is -3.39. The summed E-state index contributed by atoms with van der Waals surface area (Å²) in [6.45, 7) is 8.07. The van der Waals surface area contributed by atoms with Gasteiger partial charge in [0.2, 0.25) is 5.91 Å². The van der Waals surface area contributed by atoms with Gasteiger partial charge in [-0.15, -0.1) is 11.3 Å². The average Bonchev–Trinajstić information content (AvgIpc) is 2.86. The summed E-state index contributed by atoms with van der Waals surface area (Å²) in [5.41, 5.74) is 0. The minimum atomic E-state index is -3.39. The first-order valence-corrected chi connectivity index (χ1v) is 9.63. The Balaban J connectivity index is 1.90. The van der Waals surface area contributed by atoms with Gasteiger partial charge < -0.3 is 5.32 Å². The summed E-state index contributed by atoms with van der Waals surface area (Å²) in [6, 6.07) is 3.61. The molecule has 6 nitrogen and oxygen atoms in total. The van der Waals surface area contributed by atoms with E-state index in [-0.39, 0.29) is 11.9 Å². The summed E-state index contributed by atoms with van der Waals surface area (Å²) in [5.74, 6) is -0.0137. The van der Waals surface area contributed by atoms with Crippen LogP contribution in [-0.2, 0) is 14.8 Å². The Hall–Kier alpha value is -0.960. The van der Waals surface area contributed by atoms with Crippen molar-refractivity contribution in [2.24, 2.45) is 0 Å². The van der Waals surface area contributed by atoms with E-state index in [0.717, 1.165) is 4.88 Å². The van der Waals surface area contributed by atoms with Gasteiger partial charge in [-0.3, -0.25) is 9.69 Å². The molecule has 0 aliphatic carbocycles. The fourth-order valence-electron chi connectivity index (χ4n) is 2.38. The molecule has 1 amide bonds. The number of amides is 1. The molecule has 0 bridgehead atoms. The van der Waals surface area contributed by atoms with Gasteiger partial charge >= 0.3 is 0 Å². The van der Waals surface area contributed by atoms with Gasteiger partial charge in [0.1, 0.15) is 4.21 Å². The maximum absolute atomic E-state index is 12.5. The van der Waals surface area contributed by atoms with E-state index >= 15 is 0 Å². The van der Waals surface area contributed by atoms with Crippen LogP contribution >= 0.6 is 11.3 Å². The minimum absolute atomic E-state index is 0.0137. The largest absolute Gasteiger partial charge is 0.353 e. The van der Waals surface area contributed by atoms with Gasteiger partial charge in [0.15, 0.2) is 0 Å². The van der Waals surface area contributed by atoms with Crippen LogP contribution in [0.5, 0.6) is 0 Å². The van der Waals surface area contributed by atoms with Crippen LogP contribution in [0.2, 0.25) is 0 Å². The first-order chi connectivity index (χ1) is 10.3. The predicted molar refractivity (Wildman–Crippen MR) is 87.5 cm³/mol. The van der Waals surface area contributed by atoms with Crippen molar-refractivity contribution in [3.8, 4) is 0 Å². The number of aryl methyl sites for hydroxylation is 1. The molecule has 22 heavy (non-hydrogen) atoms. The molecule has 1 saturated heterocycles. The second-order valence-corrected chi connectivity index (χ2v) is 9.22. The maximum Gasteiger partial charge on any atom is 0.252 e. The topological polar surface area (TPSA) is 69.7 Å². The van der Waals surface area contributed by atoms with Crippen LogP contribution in [-0.4, -0.2) is 62.3 Å². The highest BCUT2D eigenvalue weighted by molar-refractivity contribution is 7.91. The Morgan fingerprint density at radius 1 is 1.27 bits per heavy atom. The number of thiophene rings is 1. The summed E-state index contributed by atoms with van der Waals surface area (Å²) < 4.78 is 26.9. The van der Waals surface area contributed by atoms with Crippen molar-refractivity contribution in [1.29, 1.82) is 0 Å².